The Morgan fingerprint density at radius 1 is 0.781 bits per heavy atom. The lowest BCUT2D eigenvalue weighted by Gasteiger charge is -2.10. The van der Waals surface area contributed by atoms with Crippen molar-refractivity contribution in [2.75, 3.05) is 10.6 Å². The van der Waals surface area contributed by atoms with Gasteiger partial charge in [0, 0.05) is 29.6 Å². The zero-order valence-corrected chi connectivity index (χ0v) is 18.2. The molecule has 3 aromatic rings. The van der Waals surface area contributed by atoms with Crippen molar-refractivity contribution in [1.29, 1.82) is 0 Å². The number of amidine groups is 1. The Morgan fingerprint density at radius 3 is 2.28 bits per heavy atom. The van der Waals surface area contributed by atoms with E-state index in [2.05, 4.69) is 20.9 Å². The number of rotatable bonds is 4. The molecule has 0 spiro atoms. The number of amides is 3. The molecule has 0 fully saturated rings. The van der Waals surface area contributed by atoms with E-state index in [9.17, 15) is 9.59 Å². The van der Waals surface area contributed by atoms with Gasteiger partial charge in [-0.2, -0.15) is 0 Å². The van der Waals surface area contributed by atoms with Gasteiger partial charge < -0.3 is 16.0 Å². The first-order valence-electron chi connectivity index (χ1n) is 9.73. The van der Waals surface area contributed by atoms with Gasteiger partial charge in [-0.25, -0.2) is 9.79 Å². The molecule has 3 amide bonds. The van der Waals surface area contributed by atoms with Crippen molar-refractivity contribution < 1.29 is 9.59 Å². The summed E-state index contributed by atoms with van der Waals surface area (Å²) in [6.45, 7) is 0. The fourth-order valence-electron chi connectivity index (χ4n) is 3.14. The molecule has 3 N–H and O–H groups in total. The van der Waals surface area contributed by atoms with Crippen LogP contribution in [0.5, 0.6) is 0 Å². The quantitative estimate of drug-likeness (QED) is 0.428. The highest BCUT2D eigenvalue weighted by Gasteiger charge is 2.16. The molecule has 0 bridgehead atoms. The molecule has 0 aromatic heterocycles. The molecular formula is C24H18Cl2N4O2. The molecule has 1 heterocycles. The second-order valence-corrected chi connectivity index (χ2v) is 7.83. The summed E-state index contributed by atoms with van der Waals surface area (Å²) in [7, 11) is 0. The number of urea groups is 1. The van der Waals surface area contributed by atoms with E-state index in [1.807, 2.05) is 36.4 Å². The molecule has 0 aliphatic carbocycles. The zero-order chi connectivity index (χ0) is 22.5. The highest BCUT2D eigenvalue weighted by molar-refractivity contribution is 6.42. The van der Waals surface area contributed by atoms with Gasteiger partial charge in [0.25, 0.3) is 5.91 Å². The van der Waals surface area contributed by atoms with Gasteiger partial charge in [0.2, 0.25) is 0 Å². The molecule has 32 heavy (non-hydrogen) atoms. The van der Waals surface area contributed by atoms with E-state index < -0.39 is 6.03 Å². The highest BCUT2D eigenvalue weighted by atomic mass is 35.5. The van der Waals surface area contributed by atoms with Gasteiger partial charge in [-0.1, -0.05) is 53.5 Å². The first-order valence-corrected chi connectivity index (χ1v) is 10.5. The van der Waals surface area contributed by atoms with Crippen LogP contribution in [0.1, 0.15) is 22.3 Å². The summed E-state index contributed by atoms with van der Waals surface area (Å²) in [5.74, 6) is 0.373. The molecule has 4 rings (SSSR count). The average molecular weight is 465 g/mol. The molecule has 8 heteroatoms. The van der Waals surface area contributed by atoms with Gasteiger partial charge in [0.05, 0.1) is 10.0 Å². The number of aliphatic imine (C=N–C) groups is 1. The van der Waals surface area contributed by atoms with Crippen molar-refractivity contribution in [3.63, 3.8) is 0 Å². The lowest BCUT2D eigenvalue weighted by Crippen LogP contribution is -2.29. The fourth-order valence-corrected chi connectivity index (χ4v) is 3.44. The Kier molecular flexibility index (Phi) is 6.54. The third kappa shape index (κ3) is 5.35. The molecule has 0 unspecified atom stereocenters. The number of nitrogens with one attached hydrogen (secondary N) is 3. The van der Waals surface area contributed by atoms with Gasteiger partial charge in [0.15, 0.2) is 0 Å². The monoisotopic (exact) mass is 464 g/mol. The molecule has 0 atom stereocenters. The Balaban J connectivity index is 1.35. The topological polar surface area (TPSA) is 82.6 Å². The summed E-state index contributed by atoms with van der Waals surface area (Å²) in [4.78, 5) is 29.0. The molecule has 1 aliphatic rings. The average Bonchev–Trinajstić information content (AvgIpc) is 3.25. The number of nitrogens with zero attached hydrogens (tertiary/aromatic N) is 1. The summed E-state index contributed by atoms with van der Waals surface area (Å²) in [5.41, 5.74) is 3.54. The van der Waals surface area contributed by atoms with Gasteiger partial charge >= 0.3 is 6.03 Å². The third-order valence-electron chi connectivity index (χ3n) is 4.70. The Labute approximate surface area is 195 Å². The molecule has 160 valence electrons. The van der Waals surface area contributed by atoms with Crippen molar-refractivity contribution >= 4 is 57.9 Å². The number of carbonyl (C=O) groups excluding carboxylic acids is 2. The van der Waals surface area contributed by atoms with Crippen molar-refractivity contribution in [2.45, 2.75) is 6.42 Å². The molecule has 0 saturated heterocycles. The number of anilines is 2. The van der Waals surface area contributed by atoms with Crippen molar-refractivity contribution in [3.05, 3.63) is 100 Å². The maximum Gasteiger partial charge on any atom is 0.323 e. The van der Waals surface area contributed by atoms with Crippen LogP contribution in [0.15, 0.2) is 84.0 Å². The van der Waals surface area contributed by atoms with Crippen LogP contribution in [-0.2, 0) is 0 Å². The fraction of sp³-hybridized carbons (Fsp3) is 0.0417. The molecule has 0 saturated carbocycles. The van der Waals surface area contributed by atoms with Crippen LogP contribution in [0.2, 0.25) is 10.0 Å². The second-order valence-electron chi connectivity index (χ2n) is 7.02. The summed E-state index contributed by atoms with van der Waals surface area (Å²) in [6.07, 6.45) is 2.20. The number of halogens is 2. The van der Waals surface area contributed by atoms with Crippen LogP contribution < -0.4 is 16.0 Å². The van der Waals surface area contributed by atoms with Gasteiger partial charge in [0.1, 0.15) is 5.84 Å². The third-order valence-corrected chi connectivity index (χ3v) is 5.44. The normalized spacial score (nSPS) is 12.6. The van der Waals surface area contributed by atoms with Crippen molar-refractivity contribution in [2.24, 2.45) is 4.99 Å². The van der Waals surface area contributed by atoms with E-state index in [1.165, 1.54) is 0 Å². The first-order chi connectivity index (χ1) is 15.5. The van der Waals surface area contributed by atoms with E-state index in [1.54, 1.807) is 42.6 Å². The Morgan fingerprint density at radius 2 is 1.53 bits per heavy atom. The number of benzene rings is 3. The number of hydrogen-bond acceptors (Lipinski definition) is 3. The highest BCUT2D eigenvalue weighted by Crippen LogP contribution is 2.27. The minimum absolute atomic E-state index is 0.201. The van der Waals surface area contributed by atoms with Gasteiger partial charge in [-0.3, -0.25) is 4.79 Å². The molecule has 1 aliphatic heterocycles. The number of hydrogen-bond donors (Lipinski definition) is 3. The number of carbonyl (C=O) groups is 2. The minimum atomic E-state index is -0.409. The zero-order valence-electron chi connectivity index (χ0n) is 16.7. The summed E-state index contributed by atoms with van der Waals surface area (Å²) in [6, 6.07) is 20.8. The van der Waals surface area contributed by atoms with E-state index >= 15 is 0 Å². The summed E-state index contributed by atoms with van der Waals surface area (Å²) >= 11 is 11.9. The van der Waals surface area contributed by atoms with Gasteiger partial charge in [-0.05, 0) is 53.6 Å². The van der Waals surface area contributed by atoms with Crippen LogP contribution in [0.4, 0.5) is 16.2 Å². The second kappa shape index (κ2) is 9.68. The van der Waals surface area contributed by atoms with Crippen LogP contribution in [-0.4, -0.2) is 17.8 Å². The van der Waals surface area contributed by atoms with Crippen molar-refractivity contribution in [3.8, 4) is 0 Å². The smallest absolute Gasteiger partial charge is 0.310 e. The van der Waals surface area contributed by atoms with E-state index in [4.69, 9.17) is 23.2 Å². The minimum Gasteiger partial charge on any atom is -0.310 e. The largest absolute Gasteiger partial charge is 0.323 e. The van der Waals surface area contributed by atoms with Crippen molar-refractivity contribution in [1.82, 2.24) is 5.32 Å². The predicted octanol–water partition coefficient (Wildman–Crippen LogP) is 6.21. The van der Waals surface area contributed by atoms with Crippen LogP contribution in [0.25, 0.3) is 5.57 Å². The summed E-state index contributed by atoms with van der Waals surface area (Å²) in [5, 5.41) is 9.11. The molecule has 6 nitrogen and oxygen atoms in total. The Bertz CT molecular complexity index is 1240. The SMILES string of the molecule is O=C(Nc1cccc(C2=CN=C(NC(=O)c3ccccc3)C2)c1)Nc1ccc(Cl)c(Cl)c1. The summed E-state index contributed by atoms with van der Waals surface area (Å²) < 4.78 is 0. The predicted molar refractivity (Wildman–Crippen MR) is 129 cm³/mol. The molecule has 3 aromatic carbocycles. The lowest BCUT2D eigenvalue weighted by molar-refractivity contribution is 0.0976. The molecule has 0 radical (unpaired) electrons. The molecular weight excluding hydrogens is 447 g/mol. The lowest BCUT2D eigenvalue weighted by atomic mass is 10.0. The maximum atomic E-state index is 12.3. The van der Waals surface area contributed by atoms with E-state index in [-0.39, 0.29) is 5.91 Å². The van der Waals surface area contributed by atoms with E-state index in [0.717, 1.165) is 11.1 Å². The van der Waals surface area contributed by atoms with E-state index in [0.29, 0.717) is 39.2 Å². The maximum absolute atomic E-state index is 12.3. The Hall–Kier alpha value is -3.61. The van der Waals surface area contributed by atoms with Crippen LogP contribution >= 0.6 is 23.2 Å². The van der Waals surface area contributed by atoms with Crippen LogP contribution in [0.3, 0.4) is 0 Å². The van der Waals surface area contributed by atoms with Gasteiger partial charge in [-0.15, -0.1) is 0 Å². The van der Waals surface area contributed by atoms with Crippen LogP contribution in [0, 0.1) is 0 Å². The standard InChI is InChI=1S/C24H18Cl2N4O2/c25-20-10-9-19(13-21(20)26)29-24(32)28-18-8-4-7-16(11-18)17-12-22(27-14-17)30-23(31)15-5-2-1-3-6-15/h1-11,13-14H,12H2,(H,27,30,31)(H2,28,29,32). The first kappa shape index (κ1) is 21.6.